The smallest absolute Gasteiger partial charge is 0.00464 e. The third-order valence-electron chi connectivity index (χ3n) is 1.63. The van der Waals surface area contributed by atoms with E-state index >= 15 is 0 Å². The van der Waals surface area contributed by atoms with Crippen molar-refractivity contribution in [3.8, 4) is 0 Å². The van der Waals surface area contributed by atoms with Gasteiger partial charge in [0.05, 0.1) is 0 Å². The summed E-state index contributed by atoms with van der Waals surface area (Å²) in [5.74, 6) is 0.973. The quantitative estimate of drug-likeness (QED) is 0.587. The molecule has 0 aromatic rings. The lowest BCUT2D eigenvalue weighted by Crippen LogP contribution is -2.26. The molecule has 0 aromatic carbocycles. The molecule has 1 N–H and O–H groups in total. The minimum absolute atomic E-state index is 0. The SMILES string of the molecule is CC1CCNCC1.Cl.Cl. The molecule has 0 atom stereocenters. The van der Waals surface area contributed by atoms with Crippen molar-refractivity contribution in [2.24, 2.45) is 5.92 Å². The van der Waals surface area contributed by atoms with Gasteiger partial charge >= 0.3 is 0 Å². The predicted molar refractivity (Wildman–Crippen MR) is 45.8 cm³/mol. The van der Waals surface area contributed by atoms with Gasteiger partial charge in [0.15, 0.2) is 0 Å². The maximum atomic E-state index is 3.32. The van der Waals surface area contributed by atoms with Crippen molar-refractivity contribution in [2.75, 3.05) is 13.1 Å². The maximum absolute atomic E-state index is 3.32. The largest absolute Gasteiger partial charge is 0.317 e. The van der Waals surface area contributed by atoms with Gasteiger partial charge < -0.3 is 5.32 Å². The van der Waals surface area contributed by atoms with E-state index in [0.29, 0.717) is 0 Å². The number of hydrogen-bond donors (Lipinski definition) is 1. The molecule has 0 saturated carbocycles. The topological polar surface area (TPSA) is 12.0 Å². The summed E-state index contributed by atoms with van der Waals surface area (Å²) in [5.41, 5.74) is 0. The molecule has 58 valence electrons. The Morgan fingerprint density at radius 2 is 1.56 bits per heavy atom. The van der Waals surface area contributed by atoms with Crippen molar-refractivity contribution in [2.45, 2.75) is 19.8 Å². The van der Waals surface area contributed by atoms with Gasteiger partial charge in [-0.15, -0.1) is 24.8 Å². The monoisotopic (exact) mass is 171 g/mol. The predicted octanol–water partition coefficient (Wildman–Crippen LogP) is 1.85. The van der Waals surface area contributed by atoms with Crippen LogP contribution in [0.4, 0.5) is 0 Å². The van der Waals surface area contributed by atoms with E-state index in [-0.39, 0.29) is 24.8 Å². The lowest BCUT2D eigenvalue weighted by atomic mass is 10.0. The van der Waals surface area contributed by atoms with Gasteiger partial charge in [-0.3, -0.25) is 0 Å². The van der Waals surface area contributed by atoms with Gasteiger partial charge in [-0.2, -0.15) is 0 Å². The Kier molecular flexibility index (Phi) is 9.05. The molecule has 0 aliphatic carbocycles. The van der Waals surface area contributed by atoms with Gasteiger partial charge in [0.2, 0.25) is 0 Å². The van der Waals surface area contributed by atoms with Crippen LogP contribution < -0.4 is 5.32 Å². The van der Waals surface area contributed by atoms with Gasteiger partial charge in [0.25, 0.3) is 0 Å². The van der Waals surface area contributed by atoms with E-state index in [1.807, 2.05) is 0 Å². The van der Waals surface area contributed by atoms with E-state index in [1.54, 1.807) is 0 Å². The molecule has 9 heavy (non-hydrogen) atoms. The first kappa shape index (κ1) is 12.2. The van der Waals surface area contributed by atoms with Crippen LogP contribution >= 0.6 is 24.8 Å². The molecule has 1 rings (SSSR count). The van der Waals surface area contributed by atoms with Crippen LogP contribution in [-0.4, -0.2) is 13.1 Å². The van der Waals surface area contributed by atoms with E-state index < -0.39 is 0 Å². The highest BCUT2D eigenvalue weighted by Gasteiger charge is 2.04. The van der Waals surface area contributed by atoms with Crippen LogP contribution in [0.25, 0.3) is 0 Å². The third kappa shape index (κ3) is 5.01. The van der Waals surface area contributed by atoms with Crippen molar-refractivity contribution in [1.82, 2.24) is 5.32 Å². The molecule has 0 bridgehead atoms. The molecular weight excluding hydrogens is 157 g/mol. The summed E-state index contributed by atoms with van der Waals surface area (Å²) in [5, 5.41) is 3.32. The van der Waals surface area contributed by atoms with Crippen LogP contribution in [0.5, 0.6) is 0 Å². The van der Waals surface area contributed by atoms with Crippen LogP contribution in [-0.2, 0) is 0 Å². The summed E-state index contributed by atoms with van der Waals surface area (Å²) >= 11 is 0. The van der Waals surface area contributed by atoms with Crippen molar-refractivity contribution in [1.29, 1.82) is 0 Å². The molecule has 0 spiro atoms. The Hall–Kier alpha value is 0.540. The van der Waals surface area contributed by atoms with Crippen molar-refractivity contribution in [3.63, 3.8) is 0 Å². The average Bonchev–Trinajstić information content (AvgIpc) is 1.69. The van der Waals surface area contributed by atoms with Gasteiger partial charge in [-0.05, 0) is 31.8 Å². The normalized spacial score (nSPS) is 19.7. The zero-order valence-electron chi connectivity index (χ0n) is 5.72. The average molecular weight is 172 g/mol. The molecular formula is C6H15Cl2N. The Morgan fingerprint density at radius 3 is 1.78 bits per heavy atom. The first-order valence-electron chi connectivity index (χ1n) is 3.10. The number of hydrogen-bond acceptors (Lipinski definition) is 1. The molecule has 1 nitrogen and oxygen atoms in total. The molecule has 1 saturated heterocycles. The summed E-state index contributed by atoms with van der Waals surface area (Å²) in [6, 6.07) is 0. The minimum atomic E-state index is 0. The zero-order chi connectivity index (χ0) is 5.11. The van der Waals surface area contributed by atoms with E-state index in [2.05, 4.69) is 12.2 Å². The zero-order valence-corrected chi connectivity index (χ0v) is 7.36. The molecule has 0 unspecified atom stereocenters. The highest BCUT2D eigenvalue weighted by molar-refractivity contribution is 5.85. The number of rotatable bonds is 0. The summed E-state index contributed by atoms with van der Waals surface area (Å²) in [6.45, 7) is 4.79. The first-order chi connectivity index (χ1) is 3.39. The van der Waals surface area contributed by atoms with E-state index in [9.17, 15) is 0 Å². The van der Waals surface area contributed by atoms with Crippen LogP contribution in [0.1, 0.15) is 19.8 Å². The van der Waals surface area contributed by atoms with Crippen LogP contribution in [0.2, 0.25) is 0 Å². The number of halogens is 2. The van der Waals surface area contributed by atoms with Gasteiger partial charge in [0.1, 0.15) is 0 Å². The maximum Gasteiger partial charge on any atom is -0.00464 e. The van der Waals surface area contributed by atoms with Crippen LogP contribution in [0, 0.1) is 5.92 Å². The fourth-order valence-electron chi connectivity index (χ4n) is 0.966. The summed E-state index contributed by atoms with van der Waals surface area (Å²) in [6.07, 6.45) is 2.75. The molecule has 1 aliphatic heterocycles. The molecule has 3 heteroatoms. The molecule has 1 fully saturated rings. The molecule has 0 aromatic heterocycles. The lowest BCUT2D eigenvalue weighted by Gasteiger charge is -2.17. The summed E-state index contributed by atoms with van der Waals surface area (Å²) in [7, 11) is 0. The van der Waals surface area contributed by atoms with Crippen LogP contribution in [0.3, 0.4) is 0 Å². The Labute approximate surface area is 69.4 Å². The highest BCUT2D eigenvalue weighted by atomic mass is 35.5. The minimum Gasteiger partial charge on any atom is -0.317 e. The Bertz CT molecular complexity index is 53.0. The van der Waals surface area contributed by atoms with E-state index in [1.165, 1.54) is 25.9 Å². The van der Waals surface area contributed by atoms with Crippen molar-refractivity contribution in [3.05, 3.63) is 0 Å². The van der Waals surface area contributed by atoms with Crippen molar-refractivity contribution < 1.29 is 0 Å². The Balaban J connectivity index is 0. The standard InChI is InChI=1S/C6H13N.2ClH/c1-6-2-4-7-5-3-6;;/h6-7H,2-5H2,1H3;2*1H. The molecule has 0 radical (unpaired) electrons. The summed E-state index contributed by atoms with van der Waals surface area (Å²) < 4.78 is 0. The van der Waals surface area contributed by atoms with E-state index in [0.717, 1.165) is 5.92 Å². The van der Waals surface area contributed by atoms with Crippen molar-refractivity contribution >= 4 is 24.8 Å². The van der Waals surface area contributed by atoms with Gasteiger partial charge in [0, 0.05) is 0 Å². The molecule has 1 heterocycles. The molecule has 1 aliphatic rings. The second-order valence-electron chi connectivity index (χ2n) is 2.43. The fraction of sp³-hybridized carbons (Fsp3) is 1.00. The highest BCUT2D eigenvalue weighted by Crippen LogP contribution is 2.08. The van der Waals surface area contributed by atoms with E-state index in [4.69, 9.17) is 0 Å². The van der Waals surface area contributed by atoms with Gasteiger partial charge in [-0.25, -0.2) is 0 Å². The Morgan fingerprint density at radius 1 is 1.11 bits per heavy atom. The second-order valence-corrected chi connectivity index (χ2v) is 2.43. The number of nitrogens with one attached hydrogen (secondary N) is 1. The number of piperidine rings is 1. The first-order valence-corrected chi connectivity index (χ1v) is 3.10. The van der Waals surface area contributed by atoms with Gasteiger partial charge in [-0.1, -0.05) is 6.92 Å². The lowest BCUT2D eigenvalue weighted by molar-refractivity contribution is 0.402. The third-order valence-corrected chi connectivity index (χ3v) is 1.63. The second kappa shape index (κ2) is 6.66. The fourth-order valence-corrected chi connectivity index (χ4v) is 0.966. The van der Waals surface area contributed by atoms with Crippen LogP contribution in [0.15, 0.2) is 0 Å². The molecule has 0 amide bonds. The summed E-state index contributed by atoms with van der Waals surface area (Å²) in [4.78, 5) is 0.